The van der Waals surface area contributed by atoms with E-state index in [1.54, 1.807) is 0 Å². The summed E-state index contributed by atoms with van der Waals surface area (Å²) in [6.45, 7) is 8.87. The molecule has 0 radical (unpaired) electrons. The van der Waals surface area contributed by atoms with Crippen molar-refractivity contribution >= 4 is 5.91 Å². The van der Waals surface area contributed by atoms with Crippen molar-refractivity contribution in [3.05, 3.63) is 35.9 Å². The summed E-state index contributed by atoms with van der Waals surface area (Å²) in [7, 11) is 0. The van der Waals surface area contributed by atoms with Crippen LogP contribution in [0.1, 0.15) is 57.6 Å². The number of rotatable bonds is 6. The van der Waals surface area contributed by atoms with Crippen LogP contribution in [-0.4, -0.2) is 43.0 Å². The topological polar surface area (TPSA) is 44.4 Å². The van der Waals surface area contributed by atoms with Gasteiger partial charge in [-0.2, -0.15) is 0 Å². The zero-order valence-electron chi connectivity index (χ0n) is 16.4. The Hall–Kier alpha value is -1.39. The molecule has 2 aliphatic heterocycles. The van der Waals surface area contributed by atoms with Crippen molar-refractivity contribution < 1.29 is 4.79 Å². The molecular weight excluding hydrogens is 322 g/mol. The molecule has 3 rings (SSSR count). The molecule has 0 aromatic heterocycles. The molecule has 1 aromatic carbocycles. The number of carbonyl (C=O) groups excluding carboxylic acids is 1. The van der Waals surface area contributed by atoms with Crippen LogP contribution >= 0.6 is 0 Å². The number of nitrogens with zero attached hydrogens (tertiary/aromatic N) is 1. The average molecular weight is 358 g/mol. The van der Waals surface area contributed by atoms with Crippen LogP contribution in [0.15, 0.2) is 30.3 Å². The number of amides is 1. The van der Waals surface area contributed by atoms with E-state index in [4.69, 9.17) is 0 Å². The number of benzene rings is 1. The first-order valence-corrected chi connectivity index (χ1v) is 10.4. The third-order valence-electron chi connectivity index (χ3n) is 6.42. The molecule has 1 amide bonds. The van der Waals surface area contributed by atoms with Crippen molar-refractivity contribution in [2.45, 2.75) is 58.0 Å². The van der Waals surface area contributed by atoms with Crippen LogP contribution in [0.4, 0.5) is 0 Å². The quantitative estimate of drug-likeness (QED) is 0.821. The number of piperidine rings is 2. The standard InChI is InChI=1S/C22H35N3O/c1-17(19-8-12-23-13-9-19)16-22(26)24-21-10-14-25(15-11-21)18(2)20-6-4-3-5-7-20/h3-7,17-19,21,23H,8-16H2,1-2H3,(H,24,26). The van der Waals surface area contributed by atoms with Gasteiger partial charge < -0.3 is 10.6 Å². The monoisotopic (exact) mass is 357 g/mol. The smallest absolute Gasteiger partial charge is 0.220 e. The molecule has 4 nitrogen and oxygen atoms in total. The van der Waals surface area contributed by atoms with E-state index in [1.807, 2.05) is 0 Å². The first-order chi connectivity index (χ1) is 12.6. The van der Waals surface area contributed by atoms with Gasteiger partial charge in [0.1, 0.15) is 0 Å². The van der Waals surface area contributed by atoms with Crippen molar-refractivity contribution in [3.8, 4) is 0 Å². The molecule has 26 heavy (non-hydrogen) atoms. The minimum absolute atomic E-state index is 0.255. The van der Waals surface area contributed by atoms with Crippen molar-refractivity contribution in [1.82, 2.24) is 15.5 Å². The van der Waals surface area contributed by atoms with E-state index in [2.05, 4.69) is 59.7 Å². The molecule has 144 valence electrons. The Balaban J connectivity index is 1.40. The van der Waals surface area contributed by atoms with Gasteiger partial charge >= 0.3 is 0 Å². The van der Waals surface area contributed by atoms with Crippen LogP contribution in [0, 0.1) is 11.8 Å². The molecule has 2 heterocycles. The number of hydrogen-bond donors (Lipinski definition) is 2. The third-order valence-corrected chi connectivity index (χ3v) is 6.42. The summed E-state index contributed by atoms with van der Waals surface area (Å²) in [5.74, 6) is 1.46. The number of nitrogens with one attached hydrogen (secondary N) is 2. The first-order valence-electron chi connectivity index (χ1n) is 10.4. The molecule has 0 bridgehead atoms. The number of hydrogen-bond acceptors (Lipinski definition) is 3. The van der Waals surface area contributed by atoms with E-state index in [-0.39, 0.29) is 5.91 Å². The molecule has 2 N–H and O–H groups in total. The number of carbonyl (C=O) groups is 1. The van der Waals surface area contributed by atoms with Gasteiger partial charge in [0.25, 0.3) is 0 Å². The Labute approximate surface area is 158 Å². The zero-order valence-corrected chi connectivity index (χ0v) is 16.4. The molecule has 2 saturated heterocycles. The average Bonchev–Trinajstić information content (AvgIpc) is 2.69. The van der Waals surface area contributed by atoms with Crippen LogP contribution < -0.4 is 10.6 Å². The maximum absolute atomic E-state index is 12.5. The summed E-state index contributed by atoms with van der Waals surface area (Å²) in [5.41, 5.74) is 1.38. The van der Waals surface area contributed by atoms with Crippen LogP contribution in [0.2, 0.25) is 0 Å². The van der Waals surface area contributed by atoms with Crippen LogP contribution in [0.5, 0.6) is 0 Å². The molecule has 2 atom stereocenters. The van der Waals surface area contributed by atoms with E-state index >= 15 is 0 Å². The maximum atomic E-state index is 12.5. The van der Waals surface area contributed by atoms with Crippen molar-refractivity contribution in [2.75, 3.05) is 26.2 Å². The van der Waals surface area contributed by atoms with Crippen molar-refractivity contribution in [1.29, 1.82) is 0 Å². The SMILES string of the molecule is CC(CC(=O)NC1CCN(C(C)c2ccccc2)CC1)C1CCNCC1. The Bertz CT molecular complexity index is 548. The number of likely N-dealkylation sites (tertiary alicyclic amines) is 1. The lowest BCUT2D eigenvalue weighted by molar-refractivity contribution is -0.123. The normalized spacial score (nSPS) is 22.7. The van der Waals surface area contributed by atoms with Gasteiger partial charge in [0.15, 0.2) is 0 Å². The van der Waals surface area contributed by atoms with E-state index in [1.165, 1.54) is 18.4 Å². The van der Waals surface area contributed by atoms with Gasteiger partial charge in [-0.15, -0.1) is 0 Å². The molecule has 4 heteroatoms. The molecule has 2 unspecified atom stereocenters. The third kappa shape index (κ3) is 5.31. The van der Waals surface area contributed by atoms with Gasteiger partial charge in [0, 0.05) is 31.6 Å². The van der Waals surface area contributed by atoms with E-state index in [0.29, 0.717) is 30.3 Å². The Morgan fingerprint density at radius 1 is 1.12 bits per heavy atom. The molecule has 2 fully saturated rings. The second-order valence-electron chi connectivity index (χ2n) is 8.23. The van der Waals surface area contributed by atoms with Crippen LogP contribution in [-0.2, 0) is 4.79 Å². The Morgan fingerprint density at radius 2 is 1.77 bits per heavy atom. The van der Waals surface area contributed by atoms with Gasteiger partial charge in [-0.1, -0.05) is 37.3 Å². The molecule has 0 spiro atoms. The van der Waals surface area contributed by atoms with Gasteiger partial charge in [0.2, 0.25) is 5.91 Å². The fourth-order valence-electron chi connectivity index (χ4n) is 4.53. The molecule has 2 aliphatic rings. The predicted molar refractivity (Wildman–Crippen MR) is 107 cm³/mol. The Kier molecular flexibility index (Phi) is 7.09. The van der Waals surface area contributed by atoms with Crippen molar-refractivity contribution in [2.24, 2.45) is 11.8 Å². The highest BCUT2D eigenvalue weighted by molar-refractivity contribution is 5.76. The minimum atomic E-state index is 0.255. The van der Waals surface area contributed by atoms with E-state index in [9.17, 15) is 4.79 Å². The molecule has 0 saturated carbocycles. The van der Waals surface area contributed by atoms with Gasteiger partial charge in [-0.3, -0.25) is 9.69 Å². The first kappa shape index (κ1) is 19.4. The summed E-state index contributed by atoms with van der Waals surface area (Å²) in [5, 5.41) is 6.72. The summed E-state index contributed by atoms with van der Waals surface area (Å²) in [4.78, 5) is 15.0. The van der Waals surface area contributed by atoms with Gasteiger partial charge in [0.05, 0.1) is 0 Å². The maximum Gasteiger partial charge on any atom is 0.220 e. The van der Waals surface area contributed by atoms with Crippen LogP contribution in [0.3, 0.4) is 0 Å². The second-order valence-corrected chi connectivity index (χ2v) is 8.23. The molecule has 1 aromatic rings. The summed E-state index contributed by atoms with van der Waals surface area (Å²) in [6, 6.07) is 11.5. The zero-order chi connectivity index (χ0) is 18.4. The van der Waals surface area contributed by atoms with Gasteiger partial charge in [-0.05, 0) is 63.1 Å². The van der Waals surface area contributed by atoms with E-state index < -0.39 is 0 Å². The fraction of sp³-hybridized carbons (Fsp3) is 0.682. The lowest BCUT2D eigenvalue weighted by atomic mass is 9.84. The minimum Gasteiger partial charge on any atom is -0.353 e. The second kappa shape index (κ2) is 9.52. The summed E-state index contributed by atoms with van der Waals surface area (Å²) < 4.78 is 0. The lowest BCUT2D eigenvalue weighted by Crippen LogP contribution is -2.45. The summed E-state index contributed by atoms with van der Waals surface area (Å²) >= 11 is 0. The lowest BCUT2D eigenvalue weighted by Gasteiger charge is -2.36. The summed E-state index contributed by atoms with van der Waals surface area (Å²) in [6.07, 6.45) is 5.23. The fourth-order valence-corrected chi connectivity index (χ4v) is 4.53. The Morgan fingerprint density at radius 3 is 2.42 bits per heavy atom. The molecular formula is C22H35N3O. The van der Waals surface area contributed by atoms with Crippen LogP contribution in [0.25, 0.3) is 0 Å². The highest BCUT2D eigenvalue weighted by atomic mass is 16.1. The highest BCUT2D eigenvalue weighted by Crippen LogP contribution is 2.26. The van der Waals surface area contributed by atoms with E-state index in [0.717, 1.165) is 39.0 Å². The van der Waals surface area contributed by atoms with Crippen molar-refractivity contribution in [3.63, 3.8) is 0 Å². The largest absolute Gasteiger partial charge is 0.353 e. The molecule has 0 aliphatic carbocycles. The van der Waals surface area contributed by atoms with Gasteiger partial charge in [-0.25, -0.2) is 0 Å². The predicted octanol–water partition coefficient (Wildman–Crippen LogP) is 3.35. The highest BCUT2D eigenvalue weighted by Gasteiger charge is 2.26.